The summed E-state index contributed by atoms with van der Waals surface area (Å²) < 4.78 is 9.91. The Morgan fingerprint density at radius 1 is 1.45 bits per heavy atom. The van der Waals surface area contributed by atoms with Crippen molar-refractivity contribution in [2.45, 2.75) is 37.9 Å². The first-order chi connectivity index (χ1) is 5.15. The Hall–Kier alpha value is -0.160. The molecule has 4 nitrogen and oxygen atoms in total. The van der Waals surface area contributed by atoms with Crippen LogP contribution in [-0.2, 0) is 9.47 Å². The van der Waals surface area contributed by atoms with Crippen LogP contribution >= 0.6 is 0 Å². The number of aliphatic hydroxyl groups is 2. The van der Waals surface area contributed by atoms with Crippen molar-refractivity contribution in [2.24, 2.45) is 0 Å². The summed E-state index contributed by atoms with van der Waals surface area (Å²) in [4.78, 5) is 0. The molecule has 0 spiro atoms. The molecule has 4 atom stereocenters. The summed E-state index contributed by atoms with van der Waals surface area (Å²) in [5.74, 6) is 0. The third kappa shape index (κ3) is 1.90. The average molecular weight is 162 g/mol. The largest absolute Gasteiger partial charge is 0.388 e. The fourth-order valence-corrected chi connectivity index (χ4v) is 1.26. The van der Waals surface area contributed by atoms with Crippen molar-refractivity contribution >= 4 is 0 Å². The molecule has 1 saturated heterocycles. The Bertz CT molecular complexity index is 128. The smallest absolute Gasteiger partial charge is 0.157 e. The van der Waals surface area contributed by atoms with Gasteiger partial charge in [-0.3, -0.25) is 0 Å². The van der Waals surface area contributed by atoms with Crippen molar-refractivity contribution in [1.29, 1.82) is 0 Å². The summed E-state index contributed by atoms with van der Waals surface area (Å²) in [6.45, 7) is 1.71. The number of hydrogen-bond donors (Lipinski definition) is 2. The van der Waals surface area contributed by atoms with Crippen LogP contribution in [0, 0.1) is 0 Å². The van der Waals surface area contributed by atoms with Gasteiger partial charge in [0.25, 0.3) is 0 Å². The SMILES string of the molecule is CO[C@H]1CC(O)O[C@@H](C)[C@@H]1O. The molecule has 1 aliphatic heterocycles. The monoisotopic (exact) mass is 162 g/mol. The Morgan fingerprint density at radius 3 is 2.64 bits per heavy atom. The predicted octanol–water partition coefficient (Wildman–Crippen LogP) is -0.510. The minimum absolute atomic E-state index is 0.311. The number of methoxy groups -OCH3 is 1. The molecular weight excluding hydrogens is 148 g/mol. The van der Waals surface area contributed by atoms with E-state index in [4.69, 9.17) is 14.6 Å². The van der Waals surface area contributed by atoms with Gasteiger partial charge in [-0.15, -0.1) is 0 Å². The first-order valence-electron chi connectivity index (χ1n) is 3.69. The maximum atomic E-state index is 9.39. The van der Waals surface area contributed by atoms with Crippen LogP contribution in [0.15, 0.2) is 0 Å². The number of hydrogen-bond acceptors (Lipinski definition) is 4. The molecule has 4 heteroatoms. The second-order valence-electron chi connectivity index (χ2n) is 2.80. The van der Waals surface area contributed by atoms with E-state index in [0.717, 1.165) is 0 Å². The van der Waals surface area contributed by atoms with Crippen LogP contribution in [0.2, 0.25) is 0 Å². The lowest BCUT2D eigenvalue weighted by Crippen LogP contribution is -2.47. The lowest BCUT2D eigenvalue weighted by Gasteiger charge is -2.34. The van der Waals surface area contributed by atoms with Crippen LogP contribution in [-0.4, -0.2) is 41.9 Å². The number of aliphatic hydroxyl groups excluding tert-OH is 2. The van der Waals surface area contributed by atoms with Gasteiger partial charge in [-0.25, -0.2) is 0 Å². The van der Waals surface area contributed by atoms with Gasteiger partial charge in [0.2, 0.25) is 0 Å². The molecule has 1 aliphatic rings. The second-order valence-corrected chi connectivity index (χ2v) is 2.80. The highest BCUT2D eigenvalue weighted by Crippen LogP contribution is 2.20. The summed E-state index contributed by atoms with van der Waals surface area (Å²) in [7, 11) is 1.51. The topological polar surface area (TPSA) is 58.9 Å². The second kappa shape index (κ2) is 3.49. The zero-order valence-electron chi connectivity index (χ0n) is 6.73. The minimum Gasteiger partial charge on any atom is -0.388 e. The van der Waals surface area contributed by atoms with Gasteiger partial charge in [-0.2, -0.15) is 0 Å². The van der Waals surface area contributed by atoms with Crippen LogP contribution < -0.4 is 0 Å². The van der Waals surface area contributed by atoms with Gasteiger partial charge in [0, 0.05) is 13.5 Å². The molecule has 0 aliphatic carbocycles. The van der Waals surface area contributed by atoms with Crippen molar-refractivity contribution in [3.8, 4) is 0 Å². The minimum atomic E-state index is -0.807. The van der Waals surface area contributed by atoms with E-state index in [0.29, 0.717) is 6.42 Å². The molecule has 1 fully saturated rings. The van der Waals surface area contributed by atoms with E-state index in [1.807, 2.05) is 0 Å². The Labute approximate surface area is 65.7 Å². The molecule has 1 heterocycles. The average Bonchev–Trinajstić information content (AvgIpc) is 1.96. The van der Waals surface area contributed by atoms with Gasteiger partial charge in [-0.05, 0) is 6.92 Å². The zero-order chi connectivity index (χ0) is 8.43. The highest BCUT2D eigenvalue weighted by atomic mass is 16.6. The fourth-order valence-electron chi connectivity index (χ4n) is 1.26. The normalized spacial score (nSPS) is 45.8. The van der Waals surface area contributed by atoms with Gasteiger partial charge in [0.1, 0.15) is 6.10 Å². The van der Waals surface area contributed by atoms with Crippen LogP contribution in [0.25, 0.3) is 0 Å². The highest BCUT2D eigenvalue weighted by molar-refractivity contribution is 4.80. The molecule has 0 aromatic heterocycles. The maximum absolute atomic E-state index is 9.39. The summed E-state index contributed by atoms with van der Waals surface area (Å²) >= 11 is 0. The molecule has 1 unspecified atom stereocenters. The quantitative estimate of drug-likeness (QED) is 0.545. The molecule has 0 amide bonds. The molecular formula is C7H14O4. The van der Waals surface area contributed by atoms with E-state index in [9.17, 15) is 5.11 Å². The highest BCUT2D eigenvalue weighted by Gasteiger charge is 2.34. The summed E-state index contributed by atoms with van der Waals surface area (Å²) in [5, 5.41) is 18.5. The molecule has 0 saturated carbocycles. The van der Waals surface area contributed by atoms with Crippen LogP contribution in [0.3, 0.4) is 0 Å². The van der Waals surface area contributed by atoms with Crippen LogP contribution in [0.5, 0.6) is 0 Å². The third-order valence-corrected chi connectivity index (χ3v) is 1.97. The first-order valence-corrected chi connectivity index (χ1v) is 3.69. The van der Waals surface area contributed by atoms with E-state index < -0.39 is 12.4 Å². The predicted molar refractivity (Wildman–Crippen MR) is 38.0 cm³/mol. The Morgan fingerprint density at radius 2 is 2.09 bits per heavy atom. The molecule has 0 radical (unpaired) electrons. The zero-order valence-corrected chi connectivity index (χ0v) is 6.73. The number of rotatable bonds is 1. The van der Waals surface area contributed by atoms with Crippen LogP contribution in [0.4, 0.5) is 0 Å². The molecule has 0 aromatic carbocycles. The molecule has 66 valence electrons. The van der Waals surface area contributed by atoms with E-state index in [2.05, 4.69) is 0 Å². The molecule has 11 heavy (non-hydrogen) atoms. The summed E-state index contributed by atoms with van der Waals surface area (Å²) in [5.41, 5.74) is 0. The van der Waals surface area contributed by atoms with E-state index in [1.54, 1.807) is 6.92 Å². The van der Waals surface area contributed by atoms with E-state index in [1.165, 1.54) is 7.11 Å². The van der Waals surface area contributed by atoms with Crippen LogP contribution in [0.1, 0.15) is 13.3 Å². The third-order valence-electron chi connectivity index (χ3n) is 1.97. The molecule has 2 N–H and O–H groups in total. The summed E-state index contributed by atoms with van der Waals surface area (Å²) in [6.07, 6.45) is -1.78. The van der Waals surface area contributed by atoms with Crippen molar-refractivity contribution in [3.63, 3.8) is 0 Å². The summed E-state index contributed by atoms with van der Waals surface area (Å²) in [6, 6.07) is 0. The van der Waals surface area contributed by atoms with Gasteiger partial charge < -0.3 is 19.7 Å². The van der Waals surface area contributed by atoms with Gasteiger partial charge in [-0.1, -0.05) is 0 Å². The molecule has 0 aromatic rings. The van der Waals surface area contributed by atoms with Crippen molar-refractivity contribution in [1.82, 2.24) is 0 Å². The standard InChI is InChI=1S/C7H14O4/c1-4-7(9)5(10-2)3-6(8)11-4/h4-9H,3H2,1-2H3/t4-,5-,6?,7-/m0/s1. The van der Waals surface area contributed by atoms with Crippen molar-refractivity contribution in [2.75, 3.05) is 7.11 Å². The first kappa shape index (κ1) is 8.93. The van der Waals surface area contributed by atoms with Crippen molar-refractivity contribution < 1.29 is 19.7 Å². The van der Waals surface area contributed by atoms with E-state index >= 15 is 0 Å². The maximum Gasteiger partial charge on any atom is 0.157 e. The van der Waals surface area contributed by atoms with Gasteiger partial charge in [0.05, 0.1) is 12.2 Å². The lowest BCUT2D eigenvalue weighted by atomic mass is 10.0. The molecule has 0 bridgehead atoms. The Balaban J connectivity index is 2.51. The molecule has 1 rings (SSSR count). The van der Waals surface area contributed by atoms with Gasteiger partial charge >= 0.3 is 0 Å². The van der Waals surface area contributed by atoms with E-state index in [-0.39, 0.29) is 12.2 Å². The Kier molecular flexibility index (Phi) is 2.84. The lowest BCUT2D eigenvalue weighted by molar-refractivity contribution is -0.231. The van der Waals surface area contributed by atoms with Crippen molar-refractivity contribution in [3.05, 3.63) is 0 Å². The number of ether oxygens (including phenoxy) is 2. The van der Waals surface area contributed by atoms with Gasteiger partial charge in [0.15, 0.2) is 6.29 Å². The fraction of sp³-hybridized carbons (Fsp3) is 1.00.